The van der Waals surface area contributed by atoms with E-state index in [0.717, 1.165) is 12.8 Å². The highest BCUT2D eigenvalue weighted by atomic mass is 32.2. The van der Waals surface area contributed by atoms with Gasteiger partial charge in [-0.1, -0.05) is 24.6 Å². The summed E-state index contributed by atoms with van der Waals surface area (Å²) in [6.07, 6.45) is 1.78. The van der Waals surface area contributed by atoms with Crippen LogP contribution in [0.2, 0.25) is 0 Å². The largest absolute Gasteiger partial charge is 0.452 e. The van der Waals surface area contributed by atoms with Crippen LogP contribution in [0.3, 0.4) is 0 Å². The molecule has 2 amide bonds. The average molecular weight is 471 g/mol. The Kier molecular flexibility index (Phi) is 8.47. The molecule has 1 aromatic rings. The highest BCUT2D eigenvalue weighted by Gasteiger charge is 2.46. The fraction of sp³-hybridized carbons (Fsp3) is 0.591. The van der Waals surface area contributed by atoms with Gasteiger partial charge in [0.15, 0.2) is 6.10 Å². The number of nitrogens with zero attached hydrogens (tertiary/aromatic N) is 1. The summed E-state index contributed by atoms with van der Waals surface area (Å²) < 4.78 is 35.6. The van der Waals surface area contributed by atoms with Gasteiger partial charge in [0.25, 0.3) is 11.7 Å². The van der Waals surface area contributed by atoms with Gasteiger partial charge in [-0.25, -0.2) is 0 Å². The minimum Gasteiger partial charge on any atom is -0.452 e. The van der Waals surface area contributed by atoms with Crippen molar-refractivity contribution in [2.75, 3.05) is 31.6 Å². The molecule has 0 spiro atoms. The van der Waals surface area contributed by atoms with Crippen LogP contribution < -0.4 is 5.32 Å². The molecule has 1 aliphatic carbocycles. The molecule has 0 radical (unpaired) electrons. The number of halogens is 2. The second kappa shape index (κ2) is 11.1. The zero-order valence-corrected chi connectivity index (χ0v) is 18.8. The molecule has 1 aliphatic heterocycles. The number of benzene rings is 1. The van der Waals surface area contributed by atoms with Crippen molar-refractivity contribution in [2.45, 2.75) is 55.8 Å². The van der Waals surface area contributed by atoms with Crippen molar-refractivity contribution in [1.82, 2.24) is 4.90 Å². The van der Waals surface area contributed by atoms with Crippen LogP contribution in [-0.2, 0) is 23.9 Å². The predicted molar refractivity (Wildman–Crippen MR) is 115 cm³/mol. The second-order valence-corrected chi connectivity index (χ2v) is 9.16. The lowest BCUT2D eigenvalue weighted by molar-refractivity contribution is -0.166. The maximum absolute atomic E-state index is 13.0. The Bertz CT molecular complexity index is 809. The molecule has 1 saturated carbocycles. The van der Waals surface area contributed by atoms with Crippen molar-refractivity contribution in [1.29, 1.82) is 0 Å². The lowest BCUT2D eigenvalue weighted by Gasteiger charge is -2.32. The van der Waals surface area contributed by atoms with Gasteiger partial charge in [0.1, 0.15) is 0 Å². The van der Waals surface area contributed by atoms with Crippen LogP contribution in [0.5, 0.6) is 0 Å². The van der Waals surface area contributed by atoms with E-state index in [-0.39, 0.29) is 12.3 Å². The van der Waals surface area contributed by atoms with Crippen LogP contribution in [0.1, 0.15) is 39.0 Å². The van der Waals surface area contributed by atoms with E-state index in [4.69, 9.17) is 9.47 Å². The summed E-state index contributed by atoms with van der Waals surface area (Å²) in [5.74, 6) is -3.66. The molecular formula is C22H28F2N2O5S. The Morgan fingerprint density at radius 2 is 1.78 bits per heavy atom. The molecule has 3 rings (SSSR count). The van der Waals surface area contributed by atoms with E-state index in [1.807, 2.05) is 0 Å². The minimum absolute atomic E-state index is 0.0729. The lowest BCUT2D eigenvalue weighted by Crippen LogP contribution is -2.45. The summed E-state index contributed by atoms with van der Waals surface area (Å²) in [6.45, 7) is 3.47. The number of anilines is 1. The van der Waals surface area contributed by atoms with Crippen LogP contribution in [0, 0.1) is 5.41 Å². The van der Waals surface area contributed by atoms with Crippen molar-refractivity contribution in [3.05, 3.63) is 24.3 Å². The van der Waals surface area contributed by atoms with Gasteiger partial charge >= 0.3 is 5.97 Å². The molecule has 1 unspecified atom stereocenters. The number of thioether (sulfide) groups is 1. The van der Waals surface area contributed by atoms with Crippen LogP contribution >= 0.6 is 11.8 Å². The van der Waals surface area contributed by atoms with E-state index in [1.165, 1.54) is 31.2 Å². The third-order valence-electron chi connectivity index (χ3n) is 5.85. The molecule has 0 bridgehead atoms. The normalized spacial score (nSPS) is 18.9. The van der Waals surface area contributed by atoms with Gasteiger partial charge in [-0.15, -0.1) is 0 Å². The molecule has 1 saturated heterocycles. The van der Waals surface area contributed by atoms with Crippen molar-refractivity contribution >= 4 is 35.2 Å². The SMILES string of the molecule is CC(OC(=O)C1(CC(=O)N2CCOCC2)CCCC1)C(=O)Nc1ccc(SC(F)F)cc1. The first-order chi connectivity index (χ1) is 15.3. The van der Waals surface area contributed by atoms with Crippen molar-refractivity contribution in [3.63, 3.8) is 0 Å². The highest BCUT2D eigenvalue weighted by Crippen LogP contribution is 2.43. The fourth-order valence-corrected chi connectivity index (χ4v) is 4.52. The van der Waals surface area contributed by atoms with Crippen molar-refractivity contribution in [3.8, 4) is 0 Å². The number of rotatable bonds is 8. The van der Waals surface area contributed by atoms with E-state index in [9.17, 15) is 23.2 Å². The molecule has 1 heterocycles. The molecule has 2 aliphatic rings. The van der Waals surface area contributed by atoms with E-state index < -0.39 is 29.2 Å². The Labute approximate surface area is 190 Å². The van der Waals surface area contributed by atoms with Crippen molar-refractivity contribution in [2.24, 2.45) is 5.41 Å². The molecule has 32 heavy (non-hydrogen) atoms. The third kappa shape index (κ3) is 6.41. The molecule has 1 atom stereocenters. The maximum Gasteiger partial charge on any atom is 0.313 e. The van der Waals surface area contributed by atoms with E-state index >= 15 is 0 Å². The van der Waals surface area contributed by atoms with Gasteiger partial charge in [-0.05, 0) is 44.0 Å². The van der Waals surface area contributed by atoms with Crippen molar-refractivity contribution < 1.29 is 32.6 Å². The number of morpholine rings is 1. The van der Waals surface area contributed by atoms with Gasteiger partial charge in [-0.2, -0.15) is 8.78 Å². The molecule has 10 heteroatoms. The first-order valence-corrected chi connectivity index (χ1v) is 11.6. The first-order valence-electron chi connectivity index (χ1n) is 10.7. The Morgan fingerprint density at radius 3 is 2.38 bits per heavy atom. The van der Waals surface area contributed by atoms with Crippen LogP contribution in [-0.4, -0.2) is 60.8 Å². The van der Waals surface area contributed by atoms with Gasteiger partial charge < -0.3 is 19.7 Å². The van der Waals surface area contributed by atoms with Crippen LogP contribution in [0.4, 0.5) is 14.5 Å². The summed E-state index contributed by atoms with van der Waals surface area (Å²) in [7, 11) is 0. The van der Waals surface area contributed by atoms with Gasteiger partial charge in [-0.3, -0.25) is 14.4 Å². The molecular weight excluding hydrogens is 442 g/mol. The number of carbonyl (C=O) groups is 3. The lowest BCUT2D eigenvalue weighted by atomic mass is 9.82. The quantitative estimate of drug-likeness (QED) is 0.461. The fourth-order valence-electron chi connectivity index (χ4n) is 4.02. The molecule has 1 aromatic carbocycles. The summed E-state index contributed by atoms with van der Waals surface area (Å²) >= 11 is 0.416. The molecule has 1 N–H and O–H groups in total. The van der Waals surface area contributed by atoms with Gasteiger partial charge in [0.2, 0.25) is 5.91 Å². The minimum atomic E-state index is -2.52. The van der Waals surface area contributed by atoms with E-state index in [0.29, 0.717) is 61.5 Å². The molecule has 0 aromatic heterocycles. The summed E-state index contributed by atoms with van der Waals surface area (Å²) in [5.41, 5.74) is -0.493. The van der Waals surface area contributed by atoms with Crippen LogP contribution in [0.15, 0.2) is 29.2 Å². The van der Waals surface area contributed by atoms with E-state index in [2.05, 4.69) is 5.32 Å². The highest BCUT2D eigenvalue weighted by molar-refractivity contribution is 7.99. The number of esters is 1. The number of hydrogen-bond donors (Lipinski definition) is 1. The van der Waals surface area contributed by atoms with Crippen LogP contribution in [0.25, 0.3) is 0 Å². The Morgan fingerprint density at radius 1 is 1.16 bits per heavy atom. The monoisotopic (exact) mass is 470 g/mol. The summed E-state index contributed by atoms with van der Waals surface area (Å²) in [6, 6.07) is 5.98. The molecule has 2 fully saturated rings. The van der Waals surface area contributed by atoms with Gasteiger partial charge in [0, 0.05) is 30.1 Å². The zero-order chi connectivity index (χ0) is 23.1. The predicted octanol–water partition coefficient (Wildman–Crippen LogP) is 3.68. The number of hydrogen-bond acceptors (Lipinski definition) is 6. The average Bonchev–Trinajstić information content (AvgIpc) is 3.25. The summed E-state index contributed by atoms with van der Waals surface area (Å²) in [4.78, 5) is 40.4. The second-order valence-electron chi connectivity index (χ2n) is 8.10. The standard InChI is InChI=1S/C22H28F2N2O5S/c1-15(19(28)25-16-4-6-17(7-5-16)32-21(23)24)31-20(29)22(8-2-3-9-22)14-18(27)26-10-12-30-13-11-26/h4-7,15,21H,2-3,8-14H2,1H3,(H,25,28). The number of nitrogens with one attached hydrogen (secondary N) is 1. The number of ether oxygens (including phenoxy) is 2. The molecule has 7 nitrogen and oxygen atoms in total. The summed E-state index contributed by atoms with van der Waals surface area (Å²) in [5, 5.41) is 2.62. The smallest absolute Gasteiger partial charge is 0.313 e. The number of alkyl halides is 2. The third-order valence-corrected chi connectivity index (χ3v) is 6.57. The van der Waals surface area contributed by atoms with E-state index in [1.54, 1.807) is 4.90 Å². The topological polar surface area (TPSA) is 84.9 Å². The van der Waals surface area contributed by atoms with Gasteiger partial charge in [0.05, 0.1) is 18.6 Å². The zero-order valence-electron chi connectivity index (χ0n) is 18.0. The Hall–Kier alpha value is -2.20. The Balaban J connectivity index is 1.57. The maximum atomic E-state index is 13.0. The first kappa shape index (κ1) is 24.4. The molecule has 176 valence electrons. The number of amides is 2. The number of carbonyl (C=O) groups excluding carboxylic acids is 3.